The van der Waals surface area contributed by atoms with E-state index in [1.165, 1.54) is 12.1 Å². The number of aryl methyl sites for hydroxylation is 1. The Bertz CT molecular complexity index is 1030. The zero-order valence-electron chi connectivity index (χ0n) is 11.9. The van der Waals surface area contributed by atoms with E-state index in [-0.39, 0.29) is 17.3 Å². The Morgan fingerprint density at radius 1 is 1.22 bits per heavy atom. The van der Waals surface area contributed by atoms with Gasteiger partial charge in [0.25, 0.3) is 5.56 Å². The maximum Gasteiger partial charge on any atom is 0.328 e. The first-order valence-corrected chi connectivity index (χ1v) is 6.89. The molecule has 3 N–H and O–H groups in total. The number of nitrogens with one attached hydrogen (secondary N) is 3. The SMILES string of the molecule is Cc1[nH]nc2c1C(c1cccc(F)c1)c1c([nH]c(=O)[nH]c1=O)O2. The van der Waals surface area contributed by atoms with E-state index in [0.29, 0.717) is 16.8 Å². The van der Waals surface area contributed by atoms with E-state index in [4.69, 9.17) is 4.74 Å². The number of hydrogen-bond donors (Lipinski definition) is 3. The van der Waals surface area contributed by atoms with Crippen LogP contribution in [0.2, 0.25) is 0 Å². The molecule has 1 aromatic carbocycles. The van der Waals surface area contributed by atoms with Crippen LogP contribution in [0.5, 0.6) is 11.8 Å². The third kappa shape index (κ3) is 1.99. The van der Waals surface area contributed by atoms with Crippen molar-refractivity contribution < 1.29 is 9.13 Å². The minimum absolute atomic E-state index is 0.0204. The van der Waals surface area contributed by atoms with Gasteiger partial charge in [-0.15, -0.1) is 5.10 Å². The lowest BCUT2D eigenvalue weighted by molar-refractivity contribution is 0.412. The molecule has 0 saturated carbocycles. The van der Waals surface area contributed by atoms with Crippen molar-refractivity contribution in [2.75, 3.05) is 0 Å². The summed E-state index contributed by atoms with van der Waals surface area (Å²) in [6.45, 7) is 1.78. The van der Waals surface area contributed by atoms with E-state index in [0.717, 1.165) is 0 Å². The lowest BCUT2D eigenvalue weighted by Crippen LogP contribution is -2.30. The number of H-pyrrole nitrogens is 3. The Morgan fingerprint density at radius 2 is 2.04 bits per heavy atom. The zero-order valence-corrected chi connectivity index (χ0v) is 11.9. The molecule has 0 spiro atoms. The predicted octanol–water partition coefficient (Wildman–Crippen LogP) is 1.52. The molecule has 1 unspecified atom stereocenters. The quantitative estimate of drug-likeness (QED) is 0.495. The van der Waals surface area contributed by atoms with Crippen LogP contribution in [0, 0.1) is 12.7 Å². The van der Waals surface area contributed by atoms with Crippen molar-refractivity contribution >= 4 is 0 Å². The molecule has 2 aromatic heterocycles. The summed E-state index contributed by atoms with van der Waals surface area (Å²) in [5.74, 6) is -0.736. The van der Waals surface area contributed by atoms with Crippen LogP contribution in [0.1, 0.15) is 28.3 Å². The van der Waals surface area contributed by atoms with Gasteiger partial charge in [0, 0.05) is 11.3 Å². The number of halogens is 1. The van der Waals surface area contributed by atoms with Gasteiger partial charge in [0.2, 0.25) is 11.8 Å². The van der Waals surface area contributed by atoms with Crippen LogP contribution in [-0.2, 0) is 0 Å². The average Bonchev–Trinajstić information content (AvgIpc) is 2.86. The van der Waals surface area contributed by atoms with Crippen LogP contribution < -0.4 is 16.0 Å². The first-order chi connectivity index (χ1) is 11.0. The van der Waals surface area contributed by atoms with E-state index >= 15 is 0 Å². The lowest BCUT2D eigenvalue weighted by atomic mass is 9.85. The first kappa shape index (κ1) is 13.5. The summed E-state index contributed by atoms with van der Waals surface area (Å²) in [4.78, 5) is 28.4. The van der Waals surface area contributed by atoms with Crippen molar-refractivity contribution in [2.45, 2.75) is 12.8 Å². The smallest absolute Gasteiger partial charge is 0.328 e. The average molecular weight is 314 g/mol. The van der Waals surface area contributed by atoms with Crippen molar-refractivity contribution in [3.8, 4) is 11.8 Å². The van der Waals surface area contributed by atoms with E-state index in [1.807, 2.05) is 0 Å². The third-order valence-corrected chi connectivity index (χ3v) is 3.86. The fourth-order valence-electron chi connectivity index (χ4n) is 2.91. The van der Waals surface area contributed by atoms with E-state index in [2.05, 4.69) is 20.2 Å². The highest BCUT2D eigenvalue weighted by molar-refractivity contribution is 5.54. The van der Waals surface area contributed by atoms with E-state index in [1.54, 1.807) is 19.1 Å². The summed E-state index contributed by atoms with van der Waals surface area (Å²) in [5.41, 5.74) is 0.864. The molecular weight excluding hydrogens is 303 g/mol. The van der Waals surface area contributed by atoms with Crippen LogP contribution in [0.3, 0.4) is 0 Å². The Hall–Kier alpha value is -3.16. The zero-order chi connectivity index (χ0) is 16.1. The van der Waals surface area contributed by atoms with E-state index < -0.39 is 23.0 Å². The van der Waals surface area contributed by atoms with Crippen molar-refractivity contribution in [1.29, 1.82) is 0 Å². The number of hydrogen-bond acceptors (Lipinski definition) is 4. The topological polar surface area (TPSA) is 104 Å². The molecule has 0 bridgehead atoms. The molecule has 1 aliphatic rings. The summed E-state index contributed by atoms with van der Waals surface area (Å²) in [6.07, 6.45) is 0. The van der Waals surface area contributed by atoms with Crippen molar-refractivity contribution in [1.82, 2.24) is 20.2 Å². The molecule has 3 heterocycles. The van der Waals surface area contributed by atoms with Gasteiger partial charge < -0.3 is 4.74 Å². The number of benzene rings is 1. The Kier molecular flexibility index (Phi) is 2.74. The fourth-order valence-corrected chi connectivity index (χ4v) is 2.91. The van der Waals surface area contributed by atoms with Gasteiger partial charge >= 0.3 is 5.69 Å². The number of fused-ring (bicyclic) bond motifs is 2. The lowest BCUT2D eigenvalue weighted by Gasteiger charge is -2.24. The molecule has 0 fully saturated rings. The number of nitrogens with zero attached hydrogens (tertiary/aromatic N) is 1. The van der Waals surface area contributed by atoms with Gasteiger partial charge in [0.1, 0.15) is 5.82 Å². The second kappa shape index (κ2) is 4.67. The van der Waals surface area contributed by atoms with Gasteiger partial charge in [-0.05, 0) is 24.6 Å². The highest BCUT2D eigenvalue weighted by Gasteiger charge is 2.35. The van der Waals surface area contributed by atoms with Crippen molar-refractivity contribution in [2.24, 2.45) is 0 Å². The molecule has 0 saturated heterocycles. The number of rotatable bonds is 1. The standard InChI is InChI=1S/C15H11FN4O3/c1-6-9-10(7-3-2-4-8(16)5-7)11-12(21)17-15(22)18-13(11)23-14(9)20-19-6/h2-5,10H,1H3,(H,19,20)(H2,17,18,21,22). The van der Waals surface area contributed by atoms with Gasteiger partial charge in [-0.1, -0.05) is 12.1 Å². The molecule has 1 aliphatic heterocycles. The van der Waals surface area contributed by atoms with Crippen LogP contribution in [-0.4, -0.2) is 20.2 Å². The maximum absolute atomic E-state index is 13.7. The molecule has 0 amide bonds. The second-order valence-electron chi connectivity index (χ2n) is 5.31. The highest BCUT2D eigenvalue weighted by atomic mass is 19.1. The van der Waals surface area contributed by atoms with Gasteiger partial charge in [-0.25, -0.2) is 9.18 Å². The molecule has 7 nitrogen and oxygen atoms in total. The predicted molar refractivity (Wildman–Crippen MR) is 78.4 cm³/mol. The summed E-state index contributed by atoms with van der Waals surface area (Å²) in [5, 5.41) is 6.83. The third-order valence-electron chi connectivity index (χ3n) is 3.86. The van der Waals surface area contributed by atoms with Gasteiger partial charge in [-0.3, -0.25) is 19.9 Å². The number of aromatic amines is 3. The molecule has 4 rings (SSSR count). The number of aromatic nitrogens is 4. The summed E-state index contributed by atoms with van der Waals surface area (Å²) in [6, 6.07) is 5.95. The largest absolute Gasteiger partial charge is 0.420 e. The van der Waals surface area contributed by atoms with Gasteiger partial charge in [0.15, 0.2) is 0 Å². The van der Waals surface area contributed by atoms with E-state index in [9.17, 15) is 14.0 Å². The molecule has 23 heavy (non-hydrogen) atoms. The first-order valence-electron chi connectivity index (χ1n) is 6.89. The Morgan fingerprint density at radius 3 is 2.83 bits per heavy atom. The van der Waals surface area contributed by atoms with Crippen molar-refractivity contribution in [3.63, 3.8) is 0 Å². The second-order valence-corrected chi connectivity index (χ2v) is 5.31. The molecule has 0 radical (unpaired) electrons. The Balaban J connectivity index is 2.07. The van der Waals surface area contributed by atoms with Crippen molar-refractivity contribution in [3.05, 3.63) is 73.3 Å². The molecule has 1 atom stereocenters. The minimum Gasteiger partial charge on any atom is -0.420 e. The van der Waals surface area contributed by atoms with Crippen LogP contribution in [0.25, 0.3) is 0 Å². The van der Waals surface area contributed by atoms with Gasteiger partial charge in [-0.2, -0.15) is 0 Å². The summed E-state index contributed by atoms with van der Waals surface area (Å²) >= 11 is 0. The molecule has 3 aromatic rings. The fraction of sp³-hybridized carbons (Fsp3) is 0.133. The summed E-state index contributed by atoms with van der Waals surface area (Å²) < 4.78 is 19.2. The maximum atomic E-state index is 13.7. The van der Waals surface area contributed by atoms with Crippen LogP contribution in [0.4, 0.5) is 4.39 Å². The molecular formula is C15H11FN4O3. The van der Waals surface area contributed by atoms with Gasteiger partial charge in [0.05, 0.1) is 11.5 Å². The normalized spacial score (nSPS) is 15.7. The Labute approximate surface area is 128 Å². The summed E-state index contributed by atoms with van der Waals surface area (Å²) in [7, 11) is 0. The highest BCUT2D eigenvalue weighted by Crippen LogP contribution is 2.44. The monoisotopic (exact) mass is 314 g/mol. The molecule has 0 aliphatic carbocycles. The molecule has 116 valence electrons. The van der Waals surface area contributed by atoms with Crippen LogP contribution in [0.15, 0.2) is 33.9 Å². The number of ether oxygens (including phenoxy) is 1. The van der Waals surface area contributed by atoms with Crippen LogP contribution >= 0.6 is 0 Å². The molecule has 8 heteroatoms. The minimum atomic E-state index is -0.678.